The molecule has 2 aromatic carbocycles. The van der Waals surface area contributed by atoms with E-state index in [1.54, 1.807) is 24.4 Å². The Bertz CT molecular complexity index is 952. The highest BCUT2D eigenvalue weighted by molar-refractivity contribution is 5.72. The van der Waals surface area contributed by atoms with Crippen molar-refractivity contribution in [3.63, 3.8) is 0 Å². The Labute approximate surface area is 183 Å². The van der Waals surface area contributed by atoms with Crippen molar-refractivity contribution in [2.24, 2.45) is 0 Å². The van der Waals surface area contributed by atoms with E-state index in [9.17, 15) is 4.79 Å². The Morgan fingerprint density at radius 3 is 2.39 bits per heavy atom. The van der Waals surface area contributed by atoms with Crippen LogP contribution in [0.15, 0.2) is 78.5 Å². The zero-order chi connectivity index (χ0) is 22.3. The second-order valence-electron chi connectivity index (χ2n) is 6.59. The molecule has 6 heteroatoms. The van der Waals surface area contributed by atoms with Crippen LogP contribution in [0.25, 0.3) is 0 Å². The highest BCUT2D eigenvalue weighted by Crippen LogP contribution is 2.15. The molecule has 0 unspecified atom stereocenters. The minimum absolute atomic E-state index is 0.0372. The summed E-state index contributed by atoms with van der Waals surface area (Å²) < 4.78 is 11.1. The van der Waals surface area contributed by atoms with Crippen LogP contribution in [-0.4, -0.2) is 30.6 Å². The van der Waals surface area contributed by atoms with Crippen molar-refractivity contribution in [3.05, 3.63) is 89.6 Å². The summed E-state index contributed by atoms with van der Waals surface area (Å²) in [7, 11) is 0. The van der Waals surface area contributed by atoms with Crippen molar-refractivity contribution < 1.29 is 14.3 Å². The van der Waals surface area contributed by atoms with Crippen LogP contribution in [0, 0.1) is 22.7 Å². The number of nitrogens with zero attached hydrogens (tertiary/aromatic N) is 3. The van der Waals surface area contributed by atoms with Crippen molar-refractivity contribution in [2.45, 2.75) is 20.0 Å². The summed E-state index contributed by atoms with van der Waals surface area (Å²) in [5, 5.41) is 17.4. The molecule has 0 bridgehead atoms. The van der Waals surface area contributed by atoms with Gasteiger partial charge in [0, 0.05) is 6.54 Å². The average Bonchev–Trinajstić information content (AvgIpc) is 2.81. The highest BCUT2D eigenvalue weighted by Gasteiger charge is 2.06. The largest absolute Gasteiger partial charge is 0.489 e. The molecule has 0 spiro atoms. The lowest BCUT2D eigenvalue weighted by atomic mass is 10.1. The normalized spacial score (nSPS) is 10.0. The van der Waals surface area contributed by atoms with Gasteiger partial charge in [-0.15, -0.1) is 0 Å². The SMILES string of the molecule is CCN(/C=C/C=C(C#N)C#N)CCOC(=O)Cc1ccc(OCc2ccccc2)cc1. The fourth-order valence-corrected chi connectivity index (χ4v) is 2.64. The van der Waals surface area contributed by atoms with Crippen molar-refractivity contribution >= 4 is 5.97 Å². The first-order valence-electron chi connectivity index (χ1n) is 9.98. The lowest BCUT2D eigenvalue weighted by molar-refractivity contribution is -0.143. The van der Waals surface area contributed by atoms with Crippen LogP contribution in [0.5, 0.6) is 5.75 Å². The standard InChI is InChI=1S/C25H25N3O3/c1-2-28(14-6-9-23(18-26)19-27)15-16-30-25(29)17-21-10-12-24(13-11-21)31-20-22-7-4-3-5-8-22/h3-14H,2,15-17,20H2,1H3/b14-6+. The van der Waals surface area contributed by atoms with Gasteiger partial charge in [0.05, 0.1) is 13.0 Å². The predicted octanol–water partition coefficient (Wildman–Crippen LogP) is 4.16. The number of benzene rings is 2. The molecular formula is C25H25N3O3. The van der Waals surface area contributed by atoms with E-state index >= 15 is 0 Å². The Hall–Kier alpha value is -4.03. The molecular weight excluding hydrogens is 390 g/mol. The summed E-state index contributed by atoms with van der Waals surface area (Å²) in [6, 6.07) is 20.9. The van der Waals surface area contributed by atoms with E-state index < -0.39 is 0 Å². The van der Waals surface area contributed by atoms with E-state index in [4.69, 9.17) is 20.0 Å². The first kappa shape index (κ1) is 23.3. The minimum atomic E-state index is -0.297. The molecule has 0 saturated heterocycles. The van der Waals surface area contributed by atoms with Crippen LogP contribution >= 0.6 is 0 Å². The quantitative estimate of drug-likeness (QED) is 0.311. The molecule has 0 aliphatic heterocycles. The molecule has 2 rings (SSSR count). The van der Waals surface area contributed by atoms with Gasteiger partial charge in [-0.25, -0.2) is 0 Å². The summed E-state index contributed by atoms with van der Waals surface area (Å²) in [6.07, 6.45) is 5.03. The number of nitriles is 2. The number of allylic oxidation sites excluding steroid dienone is 3. The molecule has 0 aliphatic carbocycles. The molecule has 0 amide bonds. The zero-order valence-corrected chi connectivity index (χ0v) is 17.5. The Morgan fingerprint density at radius 2 is 1.74 bits per heavy atom. The second-order valence-corrected chi connectivity index (χ2v) is 6.59. The van der Waals surface area contributed by atoms with Crippen LogP contribution in [-0.2, 0) is 22.6 Å². The van der Waals surface area contributed by atoms with Gasteiger partial charge in [-0.2, -0.15) is 10.5 Å². The van der Waals surface area contributed by atoms with Crippen LogP contribution in [0.3, 0.4) is 0 Å². The number of hydrogen-bond donors (Lipinski definition) is 0. The third kappa shape index (κ3) is 8.89. The van der Waals surface area contributed by atoms with E-state index in [1.165, 1.54) is 6.08 Å². The fourth-order valence-electron chi connectivity index (χ4n) is 2.64. The topological polar surface area (TPSA) is 86.4 Å². The lowest BCUT2D eigenvalue weighted by Crippen LogP contribution is -2.23. The summed E-state index contributed by atoms with van der Waals surface area (Å²) in [4.78, 5) is 14.0. The molecule has 0 heterocycles. The monoisotopic (exact) mass is 415 g/mol. The molecule has 6 nitrogen and oxygen atoms in total. The third-order valence-corrected chi connectivity index (χ3v) is 4.37. The van der Waals surface area contributed by atoms with Gasteiger partial charge in [0.15, 0.2) is 0 Å². The van der Waals surface area contributed by atoms with Crippen LogP contribution in [0.1, 0.15) is 18.1 Å². The van der Waals surface area contributed by atoms with Gasteiger partial charge in [-0.3, -0.25) is 4.79 Å². The van der Waals surface area contributed by atoms with Gasteiger partial charge in [-0.05, 0) is 48.5 Å². The van der Waals surface area contributed by atoms with Crippen molar-refractivity contribution in [1.82, 2.24) is 4.90 Å². The van der Waals surface area contributed by atoms with Gasteiger partial charge in [0.25, 0.3) is 0 Å². The summed E-state index contributed by atoms with van der Waals surface area (Å²) in [6.45, 7) is 3.94. The molecule has 158 valence electrons. The first-order chi connectivity index (χ1) is 15.1. The molecule has 31 heavy (non-hydrogen) atoms. The second kappa shape index (κ2) is 13.2. The number of ether oxygens (including phenoxy) is 2. The van der Waals surface area contributed by atoms with E-state index in [0.29, 0.717) is 19.7 Å². The number of likely N-dealkylation sites (N-methyl/N-ethyl adjacent to an activating group) is 1. The van der Waals surface area contributed by atoms with Crippen LogP contribution < -0.4 is 4.74 Å². The smallest absolute Gasteiger partial charge is 0.310 e. The summed E-state index contributed by atoms with van der Waals surface area (Å²) >= 11 is 0. The van der Waals surface area contributed by atoms with Gasteiger partial charge < -0.3 is 14.4 Å². The summed E-state index contributed by atoms with van der Waals surface area (Å²) in [5.74, 6) is 0.450. The van der Waals surface area contributed by atoms with Crippen LogP contribution in [0.4, 0.5) is 0 Å². The van der Waals surface area contributed by atoms with Gasteiger partial charge in [0.2, 0.25) is 0 Å². The Morgan fingerprint density at radius 1 is 1.03 bits per heavy atom. The predicted molar refractivity (Wildman–Crippen MR) is 118 cm³/mol. The van der Waals surface area contributed by atoms with Gasteiger partial charge in [0.1, 0.15) is 36.7 Å². The van der Waals surface area contributed by atoms with E-state index in [2.05, 4.69) is 0 Å². The molecule has 0 N–H and O–H groups in total. The molecule has 0 radical (unpaired) electrons. The molecule has 0 saturated carbocycles. The Kier molecular flexibility index (Phi) is 9.93. The number of carbonyl (C=O) groups is 1. The van der Waals surface area contributed by atoms with E-state index in [0.717, 1.165) is 16.9 Å². The maximum atomic E-state index is 12.1. The maximum Gasteiger partial charge on any atom is 0.310 e. The average molecular weight is 415 g/mol. The van der Waals surface area contributed by atoms with Gasteiger partial charge in [-0.1, -0.05) is 42.5 Å². The number of esters is 1. The van der Waals surface area contributed by atoms with Crippen molar-refractivity contribution in [1.29, 1.82) is 10.5 Å². The first-order valence-corrected chi connectivity index (χ1v) is 9.98. The Balaban J connectivity index is 1.73. The van der Waals surface area contributed by atoms with E-state index in [1.807, 2.05) is 66.4 Å². The van der Waals surface area contributed by atoms with Gasteiger partial charge >= 0.3 is 5.97 Å². The number of carbonyl (C=O) groups excluding carboxylic acids is 1. The van der Waals surface area contributed by atoms with Crippen molar-refractivity contribution in [3.8, 4) is 17.9 Å². The molecule has 0 aromatic heterocycles. The maximum absolute atomic E-state index is 12.1. The minimum Gasteiger partial charge on any atom is -0.489 e. The number of rotatable bonds is 11. The molecule has 0 aliphatic rings. The van der Waals surface area contributed by atoms with E-state index in [-0.39, 0.29) is 24.6 Å². The lowest BCUT2D eigenvalue weighted by Gasteiger charge is -2.17. The van der Waals surface area contributed by atoms with Crippen molar-refractivity contribution in [2.75, 3.05) is 19.7 Å². The molecule has 0 atom stereocenters. The molecule has 0 fully saturated rings. The number of hydrogen-bond acceptors (Lipinski definition) is 6. The van der Waals surface area contributed by atoms with Crippen LogP contribution in [0.2, 0.25) is 0 Å². The highest BCUT2D eigenvalue weighted by atomic mass is 16.5. The fraction of sp³-hybridized carbons (Fsp3) is 0.240. The zero-order valence-electron chi connectivity index (χ0n) is 17.5. The third-order valence-electron chi connectivity index (χ3n) is 4.37. The molecule has 2 aromatic rings. The summed E-state index contributed by atoms with van der Waals surface area (Å²) in [5.41, 5.74) is 1.99.